The van der Waals surface area contributed by atoms with E-state index in [1.807, 2.05) is 18.2 Å². The van der Waals surface area contributed by atoms with Crippen LogP contribution in [0.3, 0.4) is 0 Å². The summed E-state index contributed by atoms with van der Waals surface area (Å²) in [6.07, 6.45) is 1.03. The number of rotatable bonds is 7. The number of hydrogen-bond acceptors (Lipinski definition) is 9. The van der Waals surface area contributed by atoms with E-state index < -0.39 is 17.6 Å². The largest absolute Gasteiger partial charge is 0.465 e. The highest BCUT2D eigenvalue weighted by molar-refractivity contribution is 6.35. The Labute approximate surface area is 280 Å². The molecule has 4 aromatic rings. The number of halogens is 3. The van der Waals surface area contributed by atoms with E-state index in [0.717, 1.165) is 36.6 Å². The highest BCUT2D eigenvalue weighted by atomic mass is 35.5. The van der Waals surface area contributed by atoms with Gasteiger partial charge < -0.3 is 33.2 Å². The minimum absolute atomic E-state index is 0.0280. The zero-order valence-electron chi connectivity index (χ0n) is 25.9. The van der Waals surface area contributed by atoms with Crippen LogP contribution in [0.15, 0.2) is 48.5 Å². The molecule has 0 saturated carbocycles. The van der Waals surface area contributed by atoms with E-state index in [0.29, 0.717) is 65.5 Å². The normalized spacial score (nSPS) is 25.2. The lowest BCUT2D eigenvalue weighted by atomic mass is 10.0. The second-order valence-electron chi connectivity index (χ2n) is 12.5. The summed E-state index contributed by atoms with van der Waals surface area (Å²) < 4.78 is 46.6. The van der Waals surface area contributed by atoms with Crippen molar-refractivity contribution in [2.45, 2.75) is 50.4 Å². The molecule has 0 radical (unpaired) electrons. The van der Waals surface area contributed by atoms with Gasteiger partial charge in [-0.25, -0.2) is 14.2 Å². The van der Waals surface area contributed by atoms with Crippen molar-refractivity contribution in [2.24, 2.45) is 0 Å². The van der Waals surface area contributed by atoms with E-state index in [4.69, 9.17) is 51.9 Å². The Kier molecular flexibility index (Phi) is 7.72. The number of hydrogen-bond donors (Lipinski definition) is 0. The lowest BCUT2D eigenvalue weighted by Crippen LogP contribution is -2.59. The van der Waals surface area contributed by atoms with Gasteiger partial charge >= 0.3 is 5.97 Å². The summed E-state index contributed by atoms with van der Waals surface area (Å²) in [7, 11) is 1.35. The summed E-state index contributed by atoms with van der Waals surface area (Å²) in [5, 5.41) is 0.701. The number of benzene rings is 3. The molecule has 47 heavy (non-hydrogen) atoms. The second-order valence-corrected chi connectivity index (χ2v) is 13.3. The maximum absolute atomic E-state index is 15.0. The Morgan fingerprint density at radius 1 is 1.11 bits per heavy atom. The van der Waals surface area contributed by atoms with Gasteiger partial charge in [0.1, 0.15) is 17.2 Å². The molecule has 4 aliphatic rings. The molecule has 5 heterocycles. The number of anilines is 1. The first kappa shape index (κ1) is 30.7. The minimum atomic E-state index is -1.35. The zero-order valence-corrected chi connectivity index (χ0v) is 27.4. The van der Waals surface area contributed by atoms with Crippen LogP contribution in [-0.2, 0) is 33.1 Å². The molecule has 0 bridgehead atoms. The molecule has 4 unspecified atom stereocenters. The Hall–Kier alpha value is -3.61. The summed E-state index contributed by atoms with van der Waals surface area (Å²) in [5.74, 6) is -0.333. The average Bonchev–Trinajstić information content (AvgIpc) is 3.74. The fraction of sp³-hybridized carbons (Fsp3) is 0.412. The van der Waals surface area contributed by atoms with Crippen molar-refractivity contribution in [3.8, 4) is 11.5 Å². The maximum Gasteiger partial charge on any atom is 0.337 e. The van der Waals surface area contributed by atoms with E-state index in [1.165, 1.54) is 13.2 Å². The van der Waals surface area contributed by atoms with Gasteiger partial charge in [0.25, 0.3) is 5.79 Å². The molecule has 1 aromatic heterocycles. The fourth-order valence-electron chi connectivity index (χ4n) is 7.15. The summed E-state index contributed by atoms with van der Waals surface area (Å²) >= 11 is 12.7. The molecule has 0 aliphatic carbocycles. The molecule has 3 aromatic carbocycles. The molecule has 8 rings (SSSR count). The predicted molar refractivity (Wildman–Crippen MR) is 173 cm³/mol. The maximum atomic E-state index is 15.0. The number of fused-ring (bicyclic) bond motifs is 3. The number of nitrogens with zero attached hydrogens (tertiary/aromatic N) is 4. The van der Waals surface area contributed by atoms with Gasteiger partial charge in [-0.15, -0.1) is 0 Å². The number of imidazole rings is 1. The first-order valence-electron chi connectivity index (χ1n) is 15.7. The number of carbonyl (C=O) groups is 1. The molecule has 0 spiro atoms. The molecule has 10 nitrogen and oxygen atoms in total. The highest BCUT2D eigenvalue weighted by Crippen LogP contribution is 2.51. The van der Waals surface area contributed by atoms with Crippen LogP contribution in [0.5, 0.6) is 11.5 Å². The number of para-hydroxylation sites is 1. The van der Waals surface area contributed by atoms with Crippen LogP contribution in [0.4, 0.5) is 10.1 Å². The summed E-state index contributed by atoms with van der Waals surface area (Å²) in [4.78, 5) is 22.1. The molecular formula is C34H33Cl2FN4O6. The lowest BCUT2D eigenvalue weighted by molar-refractivity contribution is -0.0705. The van der Waals surface area contributed by atoms with E-state index in [1.54, 1.807) is 31.2 Å². The van der Waals surface area contributed by atoms with E-state index >= 15 is 0 Å². The van der Waals surface area contributed by atoms with Crippen LogP contribution in [0, 0.1) is 5.82 Å². The summed E-state index contributed by atoms with van der Waals surface area (Å²) in [5.41, 5.74) is 2.94. The van der Waals surface area contributed by atoms with Crippen LogP contribution in [-0.4, -0.2) is 78.6 Å². The fourth-order valence-corrected chi connectivity index (χ4v) is 7.57. The van der Waals surface area contributed by atoms with Crippen LogP contribution in [0.25, 0.3) is 11.0 Å². The number of esters is 1. The van der Waals surface area contributed by atoms with Gasteiger partial charge in [0.2, 0.25) is 0 Å². The van der Waals surface area contributed by atoms with Crippen LogP contribution in [0.1, 0.15) is 35.1 Å². The highest BCUT2D eigenvalue weighted by Gasteiger charge is 2.46. The average molecular weight is 684 g/mol. The second kappa shape index (κ2) is 11.8. The van der Waals surface area contributed by atoms with E-state index in [2.05, 4.69) is 14.4 Å². The van der Waals surface area contributed by atoms with E-state index in [-0.39, 0.29) is 23.8 Å². The first-order chi connectivity index (χ1) is 22.7. The Bertz CT molecular complexity index is 1890. The van der Waals surface area contributed by atoms with E-state index in [9.17, 15) is 9.18 Å². The monoisotopic (exact) mass is 682 g/mol. The van der Waals surface area contributed by atoms with Crippen molar-refractivity contribution >= 4 is 45.9 Å². The third kappa shape index (κ3) is 5.28. The summed E-state index contributed by atoms with van der Waals surface area (Å²) in [6, 6.07) is 13.7. The van der Waals surface area contributed by atoms with Crippen LogP contribution < -0.4 is 14.4 Å². The molecule has 4 aliphatic heterocycles. The molecule has 246 valence electrons. The smallest absolute Gasteiger partial charge is 0.337 e. The van der Waals surface area contributed by atoms with Crippen molar-refractivity contribution in [1.82, 2.24) is 14.5 Å². The third-order valence-electron chi connectivity index (χ3n) is 9.64. The Balaban J connectivity index is 1.08. The quantitative estimate of drug-likeness (QED) is 0.225. The van der Waals surface area contributed by atoms with Crippen LogP contribution in [0.2, 0.25) is 10.0 Å². The van der Waals surface area contributed by atoms with Crippen molar-refractivity contribution in [1.29, 1.82) is 0 Å². The standard InChI is InChI=1S/C34H33Cl2FN4O6/c1-34(22-7-6-20(35)14-24(22)37)46-29-5-3-4-25(32(29)47-34)40-10-9-39(27-17-44-18-28(27)40)16-30-38-31-23(36)12-19(33(42)43-2)13-26(31)41(30)15-21-8-11-45-21/h3-7,12-14,21,27-28H,8-11,15-18H2,1-2H3. The van der Waals surface area contributed by atoms with Crippen molar-refractivity contribution in [3.05, 3.63) is 81.3 Å². The van der Waals surface area contributed by atoms with Crippen LogP contribution >= 0.6 is 23.2 Å². The van der Waals surface area contributed by atoms with Crippen molar-refractivity contribution in [3.63, 3.8) is 0 Å². The van der Waals surface area contributed by atoms with Crippen molar-refractivity contribution in [2.75, 3.05) is 44.9 Å². The number of ether oxygens (including phenoxy) is 5. The molecule has 3 fully saturated rings. The Morgan fingerprint density at radius 3 is 2.70 bits per heavy atom. The SMILES string of the molecule is COC(=O)c1cc(Cl)c2nc(CN3CCN(c4cccc5c4OC(C)(c4ccc(Cl)cc4F)O5)C4COCC43)n(CC3CCO3)c2c1. The number of carbonyl (C=O) groups excluding carboxylic acids is 1. The van der Waals surface area contributed by atoms with Gasteiger partial charge in [0.15, 0.2) is 11.5 Å². The van der Waals surface area contributed by atoms with Crippen molar-refractivity contribution < 1.29 is 32.9 Å². The lowest BCUT2D eigenvalue weighted by Gasteiger charge is -2.44. The van der Waals surface area contributed by atoms with Gasteiger partial charge in [0, 0.05) is 31.6 Å². The van der Waals surface area contributed by atoms with Gasteiger partial charge in [-0.1, -0.05) is 29.3 Å². The molecule has 0 N–H and O–H groups in total. The van der Waals surface area contributed by atoms with Gasteiger partial charge in [-0.2, -0.15) is 0 Å². The predicted octanol–water partition coefficient (Wildman–Crippen LogP) is 5.79. The minimum Gasteiger partial charge on any atom is -0.465 e. The number of aromatic nitrogens is 2. The van der Waals surface area contributed by atoms with Gasteiger partial charge in [0.05, 0.1) is 79.0 Å². The molecule has 0 amide bonds. The topological polar surface area (TPSA) is 87.5 Å². The van der Waals surface area contributed by atoms with Gasteiger partial charge in [-0.05, 0) is 48.9 Å². The third-order valence-corrected chi connectivity index (χ3v) is 10.2. The Morgan fingerprint density at radius 2 is 1.94 bits per heavy atom. The molecule has 4 atom stereocenters. The molecule has 13 heteroatoms. The first-order valence-corrected chi connectivity index (χ1v) is 16.4. The zero-order chi connectivity index (χ0) is 32.4. The van der Waals surface area contributed by atoms with Gasteiger partial charge in [-0.3, -0.25) is 4.90 Å². The number of methoxy groups -OCH3 is 1. The number of piperazine rings is 1. The molecular weight excluding hydrogens is 650 g/mol. The summed E-state index contributed by atoms with van der Waals surface area (Å²) in [6.45, 7) is 6.12. The molecule has 3 saturated heterocycles.